The van der Waals surface area contributed by atoms with Gasteiger partial charge in [0.1, 0.15) is 0 Å². The zero-order valence-corrected chi connectivity index (χ0v) is 12.5. The molecule has 96 valence electrons. The molecule has 0 aromatic heterocycles. The molecule has 0 saturated carbocycles. The summed E-state index contributed by atoms with van der Waals surface area (Å²) in [4.78, 5) is 0. The molecule has 0 radical (unpaired) electrons. The van der Waals surface area contributed by atoms with Crippen molar-refractivity contribution in [2.75, 3.05) is 18.6 Å². The highest BCUT2D eigenvalue weighted by molar-refractivity contribution is 7.84. The first-order valence-electron chi connectivity index (χ1n) is 5.15. The minimum Gasteiger partial charge on any atom is -0.313 e. The van der Waals surface area contributed by atoms with E-state index >= 15 is 0 Å². The standard InChI is InChI=1S/C11H14Cl3NOS/c1-17(16)6-2-5-15-7-8-9(12)3-4-10(13)11(8)14/h3-4,15H,2,5-7H2,1H3. The molecular weight excluding hydrogens is 301 g/mol. The van der Waals surface area contributed by atoms with E-state index in [4.69, 9.17) is 34.8 Å². The summed E-state index contributed by atoms with van der Waals surface area (Å²) in [6.07, 6.45) is 2.56. The maximum atomic E-state index is 10.9. The molecule has 1 atom stereocenters. The summed E-state index contributed by atoms with van der Waals surface area (Å²) in [7, 11) is -0.739. The van der Waals surface area contributed by atoms with E-state index in [9.17, 15) is 4.21 Å². The minimum absolute atomic E-state index is 0.491. The second-order valence-electron chi connectivity index (χ2n) is 3.63. The lowest BCUT2D eigenvalue weighted by Gasteiger charge is -2.09. The van der Waals surface area contributed by atoms with E-state index in [1.54, 1.807) is 18.4 Å². The predicted octanol–water partition coefficient (Wildman–Crippen LogP) is 3.51. The van der Waals surface area contributed by atoms with Crippen LogP contribution in [-0.2, 0) is 17.3 Å². The number of nitrogens with one attached hydrogen (secondary N) is 1. The summed E-state index contributed by atoms with van der Waals surface area (Å²) in [5.74, 6) is 0.698. The highest BCUT2D eigenvalue weighted by Crippen LogP contribution is 2.31. The van der Waals surface area contributed by atoms with Crippen molar-refractivity contribution in [2.45, 2.75) is 13.0 Å². The molecule has 0 saturated heterocycles. The van der Waals surface area contributed by atoms with Crippen LogP contribution in [0.4, 0.5) is 0 Å². The number of rotatable bonds is 6. The van der Waals surface area contributed by atoms with Crippen molar-refractivity contribution in [1.82, 2.24) is 5.32 Å². The molecule has 0 aliphatic heterocycles. The zero-order valence-electron chi connectivity index (χ0n) is 9.43. The molecule has 1 rings (SSSR count). The molecule has 6 heteroatoms. The molecule has 1 unspecified atom stereocenters. The average molecular weight is 315 g/mol. The van der Waals surface area contributed by atoms with E-state index in [1.807, 2.05) is 0 Å². The van der Waals surface area contributed by atoms with Gasteiger partial charge in [-0.1, -0.05) is 34.8 Å². The number of halogens is 3. The van der Waals surface area contributed by atoms with Crippen LogP contribution in [0.3, 0.4) is 0 Å². The van der Waals surface area contributed by atoms with Crippen molar-refractivity contribution < 1.29 is 4.21 Å². The van der Waals surface area contributed by atoms with E-state index < -0.39 is 10.8 Å². The number of hydrogen-bond acceptors (Lipinski definition) is 2. The molecular formula is C11H14Cl3NOS. The summed E-state index contributed by atoms with van der Waals surface area (Å²) < 4.78 is 10.9. The van der Waals surface area contributed by atoms with Gasteiger partial charge in [-0.05, 0) is 25.1 Å². The number of benzene rings is 1. The fourth-order valence-corrected chi connectivity index (χ4v) is 2.58. The van der Waals surface area contributed by atoms with Crippen molar-refractivity contribution in [3.63, 3.8) is 0 Å². The van der Waals surface area contributed by atoms with Crippen LogP contribution in [-0.4, -0.2) is 22.8 Å². The Bertz CT molecular complexity index is 412. The lowest BCUT2D eigenvalue weighted by molar-refractivity contribution is 0.662. The molecule has 17 heavy (non-hydrogen) atoms. The van der Waals surface area contributed by atoms with Gasteiger partial charge in [0, 0.05) is 39.9 Å². The van der Waals surface area contributed by atoms with E-state index in [-0.39, 0.29) is 0 Å². The van der Waals surface area contributed by atoms with Crippen LogP contribution >= 0.6 is 34.8 Å². The fraction of sp³-hybridized carbons (Fsp3) is 0.455. The van der Waals surface area contributed by atoms with Crippen LogP contribution in [0.25, 0.3) is 0 Å². The predicted molar refractivity (Wildman–Crippen MR) is 76.7 cm³/mol. The summed E-state index contributed by atoms with van der Waals surface area (Å²) in [5.41, 5.74) is 0.804. The monoisotopic (exact) mass is 313 g/mol. The van der Waals surface area contributed by atoms with E-state index in [0.29, 0.717) is 27.4 Å². The Kier molecular flexibility index (Phi) is 6.82. The Labute approximate surface area is 119 Å². The van der Waals surface area contributed by atoms with Gasteiger partial charge in [-0.25, -0.2) is 0 Å². The van der Waals surface area contributed by atoms with Crippen molar-refractivity contribution >= 4 is 45.6 Å². The topological polar surface area (TPSA) is 29.1 Å². The third kappa shape index (κ3) is 5.14. The second-order valence-corrected chi connectivity index (χ2v) is 6.38. The van der Waals surface area contributed by atoms with Gasteiger partial charge in [-0.3, -0.25) is 4.21 Å². The third-order valence-electron chi connectivity index (χ3n) is 2.23. The molecule has 1 aromatic carbocycles. The molecule has 0 spiro atoms. The Balaban J connectivity index is 2.46. The summed E-state index contributed by atoms with van der Waals surface area (Å²) >= 11 is 18.0. The molecule has 2 nitrogen and oxygen atoms in total. The smallest absolute Gasteiger partial charge is 0.0652 e. The van der Waals surface area contributed by atoms with Crippen molar-refractivity contribution in [1.29, 1.82) is 0 Å². The molecule has 0 bridgehead atoms. The quantitative estimate of drug-likeness (QED) is 0.643. The van der Waals surface area contributed by atoms with Crippen LogP contribution in [0.2, 0.25) is 15.1 Å². The molecule has 1 N–H and O–H groups in total. The minimum atomic E-state index is -0.739. The summed E-state index contributed by atoms with van der Waals surface area (Å²) in [5, 5.41) is 4.80. The van der Waals surface area contributed by atoms with Crippen molar-refractivity contribution in [3.05, 3.63) is 32.8 Å². The lowest BCUT2D eigenvalue weighted by atomic mass is 10.2. The second kappa shape index (κ2) is 7.59. The van der Waals surface area contributed by atoms with Crippen LogP contribution in [0.15, 0.2) is 12.1 Å². The number of hydrogen-bond donors (Lipinski definition) is 1. The van der Waals surface area contributed by atoms with Gasteiger partial charge in [-0.15, -0.1) is 0 Å². The van der Waals surface area contributed by atoms with Crippen LogP contribution in [0.5, 0.6) is 0 Å². The lowest BCUT2D eigenvalue weighted by Crippen LogP contribution is -2.17. The molecule has 0 fully saturated rings. The van der Waals surface area contributed by atoms with Crippen LogP contribution in [0.1, 0.15) is 12.0 Å². The first-order chi connectivity index (χ1) is 8.02. The van der Waals surface area contributed by atoms with E-state index in [2.05, 4.69) is 5.32 Å². The first-order valence-corrected chi connectivity index (χ1v) is 8.01. The van der Waals surface area contributed by atoms with E-state index in [1.165, 1.54) is 0 Å². The van der Waals surface area contributed by atoms with Gasteiger partial charge in [0.05, 0.1) is 10.0 Å². The maximum Gasteiger partial charge on any atom is 0.0652 e. The summed E-state index contributed by atoms with van der Waals surface area (Å²) in [6, 6.07) is 3.41. The molecule has 1 aromatic rings. The largest absolute Gasteiger partial charge is 0.313 e. The first kappa shape index (κ1) is 15.3. The molecule has 0 amide bonds. The van der Waals surface area contributed by atoms with Gasteiger partial charge in [0.15, 0.2) is 0 Å². The maximum absolute atomic E-state index is 10.9. The average Bonchev–Trinajstić information content (AvgIpc) is 2.27. The van der Waals surface area contributed by atoms with Gasteiger partial charge >= 0.3 is 0 Å². The Hall–Kier alpha value is 0.200. The Morgan fingerprint density at radius 3 is 2.53 bits per heavy atom. The SMILES string of the molecule is CS(=O)CCCNCc1c(Cl)ccc(Cl)c1Cl. The van der Waals surface area contributed by atoms with Gasteiger partial charge < -0.3 is 5.32 Å². The van der Waals surface area contributed by atoms with Gasteiger partial charge in [0.25, 0.3) is 0 Å². The molecule has 0 aliphatic rings. The Morgan fingerprint density at radius 2 is 1.88 bits per heavy atom. The zero-order chi connectivity index (χ0) is 12.8. The normalized spacial score (nSPS) is 12.7. The molecule has 0 heterocycles. The van der Waals surface area contributed by atoms with Gasteiger partial charge in [0.2, 0.25) is 0 Å². The van der Waals surface area contributed by atoms with Crippen LogP contribution < -0.4 is 5.32 Å². The fourth-order valence-electron chi connectivity index (χ4n) is 1.34. The highest BCUT2D eigenvalue weighted by Gasteiger charge is 2.08. The van der Waals surface area contributed by atoms with Crippen LogP contribution in [0, 0.1) is 0 Å². The third-order valence-corrected chi connectivity index (χ3v) is 4.29. The van der Waals surface area contributed by atoms with Crippen molar-refractivity contribution in [3.8, 4) is 0 Å². The summed E-state index contributed by atoms with van der Waals surface area (Å²) in [6.45, 7) is 1.34. The van der Waals surface area contributed by atoms with E-state index in [0.717, 1.165) is 18.5 Å². The highest BCUT2D eigenvalue weighted by atomic mass is 35.5. The Morgan fingerprint density at radius 1 is 1.24 bits per heavy atom. The van der Waals surface area contributed by atoms with Gasteiger partial charge in [-0.2, -0.15) is 0 Å². The molecule has 0 aliphatic carbocycles. The van der Waals surface area contributed by atoms with Crippen molar-refractivity contribution in [2.24, 2.45) is 0 Å².